The Morgan fingerprint density at radius 2 is 1.28 bits per heavy atom. The molecule has 4 N–H and O–H groups in total. The maximum atomic E-state index is 13.8. The number of alkyl carbamates (subject to hydrolysis) is 2. The number of H-pyrrole nitrogens is 1. The fourth-order valence-corrected chi connectivity index (χ4v) is 10.8. The lowest BCUT2D eigenvalue weighted by molar-refractivity contribution is -0.139. The Hall–Kier alpha value is -6.18. The molecule has 14 nitrogen and oxygen atoms in total. The number of amides is 5. The van der Waals surface area contributed by atoms with Gasteiger partial charge in [0.05, 0.1) is 32.2 Å². The summed E-state index contributed by atoms with van der Waals surface area (Å²) in [5.41, 5.74) is 10.2. The zero-order chi connectivity index (χ0) is 46.0. The van der Waals surface area contributed by atoms with E-state index in [2.05, 4.69) is 63.4 Å². The van der Waals surface area contributed by atoms with Crippen molar-refractivity contribution in [3.8, 4) is 33.5 Å². The molecule has 2 aliphatic heterocycles. The smallest absolute Gasteiger partial charge is 0.407 e. The van der Waals surface area contributed by atoms with Crippen LogP contribution in [0.15, 0.2) is 66.9 Å². The van der Waals surface area contributed by atoms with Crippen LogP contribution in [0.2, 0.25) is 0 Å². The Morgan fingerprint density at radius 1 is 0.708 bits per heavy atom. The van der Waals surface area contributed by atoms with Gasteiger partial charge in [0.15, 0.2) is 0 Å². The number of ether oxygens (including phenoxy) is 2. The van der Waals surface area contributed by atoms with E-state index in [1.165, 1.54) is 62.2 Å². The zero-order valence-corrected chi connectivity index (χ0v) is 38.5. The molecular weight excluding hydrogens is 823 g/mol. The second-order valence-corrected chi connectivity index (χ2v) is 19.1. The molecule has 344 valence electrons. The normalized spacial score (nSPS) is 19.6. The first-order chi connectivity index (χ1) is 31.3. The van der Waals surface area contributed by atoms with Gasteiger partial charge in [-0.2, -0.15) is 0 Å². The van der Waals surface area contributed by atoms with Gasteiger partial charge in [-0.25, -0.2) is 14.6 Å². The largest absolute Gasteiger partial charge is 0.453 e. The lowest BCUT2D eigenvalue weighted by Crippen LogP contribution is -2.54. The first-order valence-corrected chi connectivity index (χ1v) is 23.3. The number of aromatic nitrogens is 2. The van der Waals surface area contributed by atoms with E-state index in [1.807, 2.05) is 57.0 Å². The summed E-state index contributed by atoms with van der Waals surface area (Å²) in [7, 11) is 2.56. The van der Waals surface area contributed by atoms with Crippen LogP contribution in [0, 0.1) is 17.3 Å². The summed E-state index contributed by atoms with van der Waals surface area (Å²) in [4.78, 5) is 77.0. The van der Waals surface area contributed by atoms with Gasteiger partial charge in [-0.1, -0.05) is 89.1 Å². The number of nitrogens with one attached hydrogen (secondary N) is 4. The number of benzene rings is 3. The van der Waals surface area contributed by atoms with E-state index < -0.39 is 30.3 Å². The fraction of sp³-hybridized carbons (Fsp3) is 0.490. The number of hydrogen-bond acceptors (Lipinski definition) is 8. The maximum absolute atomic E-state index is 13.8. The first kappa shape index (κ1) is 45.4. The topological polar surface area (TPSA) is 175 Å². The third kappa shape index (κ3) is 9.35. The average molecular weight is 886 g/mol. The highest BCUT2D eigenvalue weighted by Gasteiger charge is 2.43. The van der Waals surface area contributed by atoms with E-state index in [-0.39, 0.29) is 41.0 Å². The number of rotatable bonds is 12. The Morgan fingerprint density at radius 3 is 1.89 bits per heavy atom. The van der Waals surface area contributed by atoms with Crippen molar-refractivity contribution in [2.24, 2.45) is 17.3 Å². The number of imidazole rings is 1. The summed E-state index contributed by atoms with van der Waals surface area (Å²) in [6.45, 7) is 8.57. The van der Waals surface area contributed by atoms with E-state index in [1.54, 1.807) is 4.90 Å². The SMILES string of the molecule is COC(=O)N[C@H](C(=O)N1CCCC1C(=O)Nc1cccc(-c2ccc(-c3ccc(-c4cnc([C@@H]5CCCN5C(=O)[C@@H](NC(=O)OC)C(C)C)[nH]4)cc3)c3c2CC2(CCCC2)C3)c1)C(C)C. The van der Waals surface area contributed by atoms with Crippen molar-refractivity contribution in [2.75, 3.05) is 32.6 Å². The summed E-state index contributed by atoms with van der Waals surface area (Å²) >= 11 is 0. The van der Waals surface area contributed by atoms with Crippen LogP contribution in [0.1, 0.15) is 102 Å². The highest BCUT2D eigenvalue weighted by atomic mass is 16.5. The molecule has 8 rings (SSSR count). The molecule has 1 aromatic heterocycles. The highest BCUT2D eigenvalue weighted by molar-refractivity contribution is 5.99. The van der Waals surface area contributed by atoms with Crippen LogP contribution in [0.4, 0.5) is 15.3 Å². The van der Waals surface area contributed by atoms with Gasteiger partial charge in [0, 0.05) is 18.8 Å². The fourth-order valence-electron chi connectivity index (χ4n) is 10.8. The van der Waals surface area contributed by atoms with Crippen LogP contribution >= 0.6 is 0 Å². The molecule has 14 heteroatoms. The number of methoxy groups -OCH3 is 2. The molecule has 3 aromatic carbocycles. The van der Waals surface area contributed by atoms with Crippen molar-refractivity contribution >= 4 is 35.6 Å². The summed E-state index contributed by atoms with van der Waals surface area (Å²) in [5.74, 6) is -0.232. The highest BCUT2D eigenvalue weighted by Crippen LogP contribution is 2.53. The molecule has 4 atom stereocenters. The minimum atomic E-state index is -0.800. The van der Waals surface area contributed by atoms with Crippen molar-refractivity contribution in [3.05, 3.63) is 83.8 Å². The van der Waals surface area contributed by atoms with Crippen LogP contribution in [0.3, 0.4) is 0 Å². The van der Waals surface area contributed by atoms with Gasteiger partial charge in [-0.3, -0.25) is 14.4 Å². The number of aromatic amines is 1. The van der Waals surface area contributed by atoms with Crippen LogP contribution in [-0.4, -0.2) is 95.1 Å². The molecule has 1 spiro atoms. The molecule has 3 fully saturated rings. The number of fused-ring (bicyclic) bond motifs is 1. The molecule has 3 heterocycles. The molecule has 0 bridgehead atoms. The van der Waals surface area contributed by atoms with Crippen molar-refractivity contribution in [1.29, 1.82) is 0 Å². The van der Waals surface area contributed by atoms with Crippen molar-refractivity contribution in [3.63, 3.8) is 0 Å². The van der Waals surface area contributed by atoms with Gasteiger partial charge < -0.3 is 40.2 Å². The van der Waals surface area contributed by atoms with Crippen LogP contribution in [-0.2, 0) is 36.7 Å². The van der Waals surface area contributed by atoms with Crippen LogP contribution in [0.25, 0.3) is 33.5 Å². The molecule has 2 saturated heterocycles. The van der Waals surface area contributed by atoms with E-state index in [9.17, 15) is 24.0 Å². The zero-order valence-electron chi connectivity index (χ0n) is 38.5. The second-order valence-electron chi connectivity index (χ2n) is 19.1. The molecule has 1 saturated carbocycles. The first-order valence-electron chi connectivity index (χ1n) is 23.3. The quantitative estimate of drug-likeness (QED) is 0.110. The minimum absolute atomic E-state index is 0.112. The molecule has 2 aliphatic carbocycles. The Labute approximate surface area is 381 Å². The molecule has 5 amide bonds. The van der Waals surface area contributed by atoms with Gasteiger partial charge >= 0.3 is 12.2 Å². The summed E-state index contributed by atoms with van der Waals surface area (Å²) in [6.07, 6.45) is 10.4. The van der Waals surface area contributed by atoms with Crippen LogP contribution < -0.4 is 16.0 Å². The van der Waals surface area contributed by atoms with Gasteiger partial charge in [0.25, 0.3) is 0 Å². The lowest BCUT2D eigenvalue weighted by atomic mass is 9.82. The van der Waals surface area contributed by atoms with Crippen molar-refractivity contribution < 1.29 is 33.4 Å². The second kappa shape index (κ2) is 19.1. The molecule has 4 aromatic rings. The van der Waals surface area contributed by atoms with Gasteiger partial charge in [0.1, 0.15) is 23.9 Å². The van der Waals surface area contributed by atoms with Gasteiger partial charge in [-0.05, 0) is 120 Å². The van der Waals surface area contributed by atoms with Crippen molar-refractivity contribution in [1.82, 2.24) is 30.4 Å². The van der Waals surface area contributed by atoms with Crippen LogP contribution in [0.5, 0.6) is 0 Å². The third-order valence-electron chi connectivity index (χ3n) is 14.2. The van der Waals surface area contributed by atoms with Gasteiger partial charge in [0.2, 0.25) is 17.7 Å². The summed E-state index contributed by atoms with van der Waals surface area (Å²) < 4.78 is 9.56. The Balaban J connectivity index is 1.01. The predicted molar refractivity (Wildman–Crippen MR) is 249 cm³/mol. The van der Waals surface area contributed by atoms with Crippen molar-refractivity contribution in [2.45, 2.75) is 116 Å². The summed E-state index contributed by atoms with van der Waals surface area (Å²) in [6, 6.07) is 18.8. The molecular formula is C51H63N7O7. The number of carbonyl (C=O) groups excluding carboxylic acids is 5. The molecule has 65 heavy (non-hydrogen) atoms. The Bertz CT molecular complexity index is 2420. The van der Waals surface area contributed by atoms with Gasteiger partial charge in [-0.15, -0.1) is 0 Å². The molecule has 4 aliphatic rings. The number of hydrogen-bond donors (Lipinski definition) is 4. The average Bonchev–Trinajstić information content (AvgIpc) is 4.17. The van der Waals surface area contributed by atoms with E-state index >= 15 is 0 Å². The lowest BCUT2D eigenvalue weighted by Gasteiger charge is -2.30. The monoisotopic (exact) mass is 885 g/mol. The molecule has 1 unspecified atom stereocenters. The number of anilines is 1. The minimum Gasteiger partial charge on any atom is -0.453 e. The van der Waals surface area contributed by atoms with E-state index in [4.69, 9.17) is 14.5 Å². The Kier molecular flexibility index (Phi) is 13.3. The van der Waals surface area contributed by atoms with E-state index in [0.29, 0.717) is 31.6 Å². The number of carbonyl (C=O) groups is 5. The number of nitrogens with zero attached hydrogens (tertiary/aromatic N) is 3. The summed E-state index contributed by atoms with van der Waals surface area (Å²) in [5, 5.41) is 8.50. The predicted octanol–water partition coefficient (Wildman–Crippen LogP) is 8.42. The third-order valence-corrected chi connectivity index (χ3v) is 14.2. The maximum Gasteiger partial charge on any atom is 0.407 e. The standard InChI is InChI=1S/C51H63N7O7/c1-30(2)43(55-49(62)64-5)47(60)57-24-10-14-41(57)45-52-29-40(54-45)33-18-16-32(17-19-33)36-20-21-37(39-28-51(27-38(36)39)22-7-8-23-51)34-12-9-13-35(26-34)53-46(59)42-15-11-25-58(42)48(61)44(31(3)4)56-50(63)65-6/h9,12-13,16-21,26,29-31,41-44H,7-8,10-11,14-15,22-25,27-28H2,1-6H3,(H,52,54)(H,53,59)(H,55,62)(H,56,63)/t41-,42?,43-,44-/m0/s1. The number of likely N-dealkylation sites (tertiary alicyclic amines) is 2. The van der Waals surface area contributed by atoms with E-state index in [0.717, 1.165) is 53.9 Å². The molecule has 0 radical (unpaired) electrons.